The lowest BCUT2D eigenvalue weighted by Gasteiger charge is -2.13. The number of pyridine rings is 1. The molecule has 0 aliphatic carbocycles. The molecule has 0 spiro atoms. The summed E-state index contributed by atoms with van der Waals surface area (Å²) in [6.45, 7) is 2.78. The quantitative estimate of drug-likeness (QED) is 0.463. The van der Waals surface area contributed by atoms with Crippen LogP contribution in [0, 0.1) is 0 Å². The predicted octanol–water partition coefficient (Wildman–Crippen LogP) is 2.77. The zero-order valence-corrected chi connectivity index (χ0v) is 12.5. The number of aliphatic hydroxyl groups excluding tert-OH is 1. The lowest BCUT2D eigenvalue weighted by atomic mass is 10.1. The van der Waals surface area contributed by atoms with Crippen LogP contribution in [-0.4, -0.2) is 36.3 Å². The molecule has 0 aliphatic heterocycles. The van der Waals surface area contributed by atoms with Crippen LogP contribution in [0.2, 0.25) is 0 Å². The second-order valence-electron chi connectivity index (χ2n) is 5.28. The molecule has 0 aliphatic rings. The standard InChI is InChI=1S/C18H21N3O/c22-13-5-10-19-11-12-20-18-14-6-1-3-8-16(14)21-17-9-4-2-7-15(17)18/h1-4,6-9,19,22H,5,10-13H2,(H,20,21). The number of aliphatic hydroxyl groups is 1. The third-order valence-corrected chi connectivity index (χ3v) is 3.70. The van der Waals surface area contributed by atoms with Crippen LogP contribution in [0.4, 0.5) is 5.69 Å². The van der Waals surface area contributed by atoms with Gasteiger partial charge >= 0.3 is 0 Å². The van der Waals surface area contributed by atoms with E-state index in [1.807, 2.05) is 36.4 Å². The van der Waals surface area contributed by atoms with E-state index in [0.717, 1.165) is 53.5 Å². The number of nitrogens with zero attached hydrogens (tertiary/aromatic N) is 1. The minimum Gasteiger partial charge on any atom is -0.396 e. The Bertz CT molecular complexity index is 703. The molecule has 114 valence electrons. The molecule has 0 atom stereocenters. The minimum absolute atomic E-state index is 0.236. The molecule has 1 aromatic heterocycles. The first-order valence-corrected chi connectivity index (χ1v) is 7.73. The smallest absolute Gasteiger partial charge is 0.0730 e. The SMILES string of the molecule is OCCCNCCNc1c2ccccc2nc2ccccc12. The molecule has 0 unspecified atom stereocenters. The molecule has 0 fully saturated rings. The first kappa shape index (κ1) is 14.8. The van der Waals surface area contributed by atoms with Crippen LogP contribution in [0.1, 0.15) is 6.42 Å². The number of fused-ring (bicyclic) bond motifs is 2. The Kier molecular flexibility index (Phi) is 4.83. The summed E-state index contributed by atoms with van der Waals surface area (Å²) in [4.78, 5) is 4.72. The van der Waals surface area contributed by atoms with E-state index in [2.05, 4.69) is 22.8 Å². The average Bonchev–Trinajstić information content (AvgIpc) is 2.57. The van der Waals surface area contributed by atoms with Gasteiger partial charge in [0.15, 0.2) is 0 Å². The fourth-order valence-electron chi connectivity index (χ4n) is 2.64. The molecule has 0 saturated carbocycles. The number of para-hydroxylation sites is 2. The van der Waals surface area contributed by atoms with Gasteiger partial charge in [-0.3, -0.25) is 0 Å². The van der Waals surface area contributed by atoms with Crippen LogP contribution in [0.3, 0.4) is 0 Å². The van der Waals surface area contributed by atoms with Gasteiger partial charge in [0.25, 0.3) is 0 Å². The predicted molar refractivity (Wildman–Crippen MR) is 92.3 cm³/mol. The van der Waals surface area contributed by atoms with Crippen molar-refractivity contribution in [2.45, 2.75) is 6.42 Å². The van der Waals surface area contributed by atoms with Gasteiger partial charge < -0.3 is 15.7 Å². The molecule has 0 bridgehead atoms. The Balaban J connectivity index is 1.85. The van der Waals surface area contributed by atoms with Crippen molar-refractivity contribution in [2.24, 2.45) is 0 Å². The third-order valence-electron chi connectivity index (χ3n) is 3.70. The topological polar surface area (TPSA) is 57.2 Å². The second kappa shape index (κ2) is 7.20. The van der Waals surface area contributed by atoms with Crippen LogP contribution in [0.5, 0.6) is 0 Å². The molecule has 4 nitrogen and oxygen atoms in total. The van der Waals surface area contributed by atoms with Crippen molar-refractivity contribution in [1.29, 1.82) is 0 Å². The summed E-state index contributed by atoms with van der Waals surface area (Å²) in [5, 5.41) is 17.9. The molecular formula is C18H21N3O. The Hall–Kier alpha value is -2.17. The summed E-state index contributed by atoms with van der Waals surface area (Å²) < 4.78 is 0. The number of hydrogen-bond donors (Lipinski definition) is 3. The Morgan fingerprint density at radius 1 is 0.818 bits per heavy atom. The molecule has 0 amide bonds. The van der Waals surface area contributed by atoms with Gasteiger partial charge in [-0.2, -0.15) is 0 Å². The highest BCUT2D eigenvalue weighted by atomic mass is 16.3. The summed E-state index contributed by atoms with van der Waals surface area (Å²) in [5.41, 5.74) is 3.17. The number of anilines is 1. The van der Waals surface area contributed by atoms with Gasteiger partial charge in [0, 0.05) is 30.5 Å². The van der Waals surface area contributed by atoms with Crippen molar-refractivity contribution in [3.05, 3.63) is 48.5 Å². The fourth-order valence-corrected chi connectivity index (χ4v) is 2.64. The monoisotopic (exact) mass is 295 g/mol. The van der Waals surface area contributed by atoms with Gasteiger partial charge in [0.1, 0.15) is 0 Å². The van der Waals surface area contributed by atoms with E-state index in [1.165, 1.54) is 0 Å². The van der Waals surface area contributed by atoms with E-state index in [1.54, 1.807) is 0 Å². The van der Waals surface area contributed by atoms with E-state index in [-0.39, 0.29) is 6.61 Å². The maximum Gasteiger partial charge on any atom is 0.0730 e. The molecule has 2 aromatic carbocycles. The average molecular weight is 295 g/mol. The molecule has 0 radical (unpaired) electrons. The summed E-state index contributed by atoms with van der Waals surface area (Å²) >= 11 is 0. The summed E-state index contributed by atoms with van der Waals surface area (Å²) in [7, 11) is 0. The first-order chi connectivity index (χ1) is 10.9. The van der Waals surface area contributed by atoms with Crippen molar-refractivity contribution in [1.82, 2.24) is 10.3 Å². The minimum atomic E-state index is 0.236. The molecule has 3 N–H and O–H groups in total. The van der Waals surface area contributed by atoms with Gasteiger partial charge in [-0.1, -0.05) is 36.4 Å². The van der Waals surface area contributed by atoms with Crippen LogP contribution >= 0.6 is 0 Å². The normalized spacial score (nSPS) is 11.1. The highest BCUT2D eigenvalue weighted by Crippen LogP contribution is 2.30. The summed E-state index contributed by atoms with van der Waals surface area (Å²) in [5.74, 6) is 0. The maximum atomic E-state index is 8.77. The van der Waals surface area contributed by atoms with Crippen molar-refractivity contribution in [3.63, 3.8) is 0 Å². The Morgan fingerprint density at radius 3 is 2.09 bits per heavy atom. The van der Waals surface area contributed by atoms with Crippen LogP contribution < -0.4 is 10.6 Å². The van der Waals surface area contributed by atoms with Crippen molar-refractivity contribution in [3.8, 4) is 0 Å². The lowest BCUT2D eigenvalue weighted by molar-refractivity contribution is 0.286. The Morgan fingerprint density at radius 2 is 1.45 bits per heavy atom. The second-order valence-corrected chi connectivity index (χ2v) is 5.28. The Labute approximate surface area is 130 Å². The summed E-state index contributed by atoms with van der Waals surface area (Å²) in [6, 6.07) is 16.4. The van der Waals surface area contributed by atoms with E-state index >= 15 is 0 Å². The van der Waals surface area contributed by atoms with E-state index in [0.29, 0.717) is 0 Å². The molecule has 0 saturated heterocycles. The number of benzene rings is 2. The number of rotatable bonds is 7. The van der Waals surface area contributed by atoms with Crippen molar-refractivity contribution >= 4 is 27.5 Å². The van der Waals surface area contributed by atoms with E-state index in [9.17, 15) is 0 Å². The number of hydrogen-bond acceptors (Lipinski definition) is 4. The van der Waals surface area contributed by atoms with Gasteiger partial charge in [-0.25, -0.2) is 4.98 Å². The van der Waals surface area contributed by atoms with E-state index < -0.39 is 0 Å². The van der Waals surface area contributed by atoms with Crippen LogP contribution in [0.25, 0.3) is 21.8 Å². The van der Waals surface area contributed by atoms with Crippen molar-refractivity contribution in [2.75, 3.05) is 31.6 Å². The van der Waals surface area contributed by atoms with Crippen LogP contribution in [-0.2, 0) is 0 Å². The highest BCUT2D eigenvalue weighted by Gasteiger charge is 2.07. The van der Waals surface area contributed by atoms with Crippen LogP contribution in [0.15, 0.2) is 48.5 Å². The zero-order valence-electron chi connectivity index (χ0n) is 12.5. The van der Waals surface area contributed by atoms with Gasteiger partial charge in [0.05, 0.1) is 16.7 Å². The first-order valence-electron chi connectivity index (χ1n) is 7.73. The molecule has 3 rings (SSSR count). The molecule has 22 heavy (non-hydrogen) atoms. The molecule has 1 heterocycles. The molecule has 4 heteroatoms. The van der Waals surface area contributed by atoms with E-state index in [4.69, 9.17) is 10.1 Å². The van der Waals surface area contributed by atoms with Gasteiger partial charge in [0.2, 0.25) is 0 Å². The molecular weight excluding hydrogens is 274 g/mol. The number of nitrogens with one attached hydrogen (secondary N) is 2. The van der Waals surface area contributed by atoms with Crippen molar-refractivity contribution < 1.29 is 5.11 Å². The maximum absolute atomic E-state index is 8.77. The molecule has 3 aromatic rings. The third kappa shape index (κ3) is 3.18. The largest absolute Gasteiger partial charge is 0.396 e. The summed E-state index contributed by atoms with van der Waals surface area (Å²) in [6.07, 6.45) is 0.793. The highest BCUT2D eigenvalue weighted by molar-refractivity contribution is 6.07. The fraction of sp³-hybridized carbons (Fsp3) is 0.278. The zero-order chi connectivity index (χ0) is 15.2. The lowest BCUT2D eigenvalue weighted by Crippen LogP contribution is -2.23. The number of aromatic nitrogens is 1. The van der Waals surface area contributed by atoms with Gasteiger partial charge in [-0.05, 0) is 25.1 Å². The van der Waals surface area contributed by atoms with Gasteiger partial charge in [-0.15, -0.1) is 0 Å².